The normalized spacial score (nSPS) is 14.6. The number of hydrogen-bond acceptors (Lipinski definition) is 7. The Bertz CT molecular complexity index is 1100. The van der Waals surface area contributed by atoms with E-state index >= 15 is 0 Å². The molecule has 9 heteroatoms. The zero-order chi connectivity index (χ0) is 24.1. The van der Waals surface area contributed by atoms with Crippen LogP contribution < -0.4 is 19.5 Å². The minimum atomic E-state index is -0.238. The summed E-state index contributed by atoms with van der Waals surface area (Å²) in [5, 5.41) is 2.91. The molecule has 0 aromatic heterocycles. The third kappa shape index (κ3) is 5.48. The molecule has 0 atom stereocenters. The standard InChI is InChI=1S/C24H26N2O5S2/c1-14-7-6-8-17(15(14)2)25-21(27)9-10-26-23(28)20(33-24(26)32)13-16-11-18(29-3)22(31-5)19(12-16)30-4/h6-8,11-13H,9-10H2,1-5H3,(H,25,27). The van der Waals surface area contributed by atoms with E-state index in [-0.39, 0.29) is 24.8 Å². The molecule has 0 bridgehead atoms. The van der Waals surface area contributed by atoms with Gasteiger partial charge in [-0.2, -0.15) is 0 Å². The van der Waals surface area contributed by atoms with Gasteiger partial charge in [0.2, 0.25) is 11.7 Å². The second-order valence-corrected chi connectivity index (χ2v) is 9.01. The molecule has 0 saturated carbocycles. The van der Waals surface area contributed by atoms with Gasteiger partial charge in [-0.1, -0.05) is 36.1 Å². The van der Waals surface area contributed by atoms with Crippen LogP contribution in [0.2, 0.25) is 0 Å². The molecule has 2 aromatic rings. The zero-order valence-corrected chi connectivity index (χ0v) is 20.8. The average molecular weight is 487 g/mol. The Morgan fingerprint density at radius 1 is 1.12 bits per heavy atom. The molecule has 7 nitrogen and oxygen atoms in total. The summed E-state index contributed by atoms with van der Waals surface area (Å²) in [6.45, 7) is 4.15. The lowest BCUT2D eigenvalue weighted by Crippen LogP contribution is -2.31. The molecule has 1 N–H and O–H groups in total. The topological polar surface area (TPSA) is 77.1 Å². The monoisotopic (exact) mass is 486 g/mol. The predicted molar refractivity (Wildman–Crippen MR) is 135 cm³/mol. The number of nitrogens with zero attached hydrogens (tertiary/aromatic N) is 1. The van der Waals surface area contributed by atoms with E-state index in [1.54, 1.807) is 18.2 Å². The summed E-state index contributed by atoms with van der Waals surface area (Å²) < 4.78 is 16.5. The molecule has 0 unspecified atom stereocenters. The molecule has 1 aliphatic rings. The molecule has 2 aromatic carbocycles. The Balaban J connectivity index is 1.71. The van der Waals surface area contributed by atoms with E-state index in [4.69, 9.17) is 26.4 Å². The van der Waals surface area contributed by atoms with Crippen LogP contribution in [0.15, 0.2) is 35.2 Å². The number of amides is 2. The molecule has 2 amide bonds. The van der Waals surface area contributed by atoms with Crippen LogP contribution >= 0.6 is 24.0 Å². The Labute approximate surface area is 203 Å². The highest BCUT2D eigenvalue weighted by molar-refractivity contribution is 8.26. The fraction of sp³-hybridized carbons (Fsp3) is 0.292. The fourth-order valence-corrected chi connectivity index (χ4v) is 4.65. The van der Waals surface area contributed by atoms with Gasteiger partial charge in [-0.25, -0.2) is 0 Å². The molecule has 0 radical (unpaired) electrons. The zero-order valence-electron chi connectivity index (χ0n) is 19.2. The molecule has 174 valence electrons. The lowest BCUT2D eigenvalue weighted by Gasteiger charge is -2.15. The number of hydrogen-bond donors (Lipinski definition) is 1. The number of ether oxygens (including phenoxy) is 3. The van der Waals surface area contributed by atoms with Crippen LogP contribution in [0.25, 0.3) is 6.08 Å². The van der Waals surface area contributed by atoms with Crippen molar-refractivity contribution in [2.75, 3.05) is 33.2 Å². The number of rotatable bonds is 8. The number of carbonyl (C=O) groups excluding carboxylic acids is 2. The summed E-state index contributed by atoms with van der Waals surface area (Å²) in [4.78, 5) is 27.3. The highest BCUT2D eigenvalue weighted by Crippen LogP contribution is 2.40. The van der Waals surface area contributed by atoms with Gasteiger partial charge in [0, 0.05) is 18.7 Å². The number of thioether (sulfide) groups is 1. The van der Waals surface area contributed by atoms with Gasteiger partial charge in [0.05, 0.1) is 26.2 Å². The largest absolute Gasteiger partial charge is 0.493 e. The van der Waals surface area contributed by atoms with Crippen LogP contribution in [0.5, 0.6) is 17.2 Å². The Hall–Kier alpha value is -3.04. The Morgan fingerprint density at radius 3 is 2.39 bits per heavy atom. The van der Waals surface area contributed by atoms with E-state index < -0.39 is 0 Å². The molecule has 1 aliphatic heterocycles. The Morgan fingerprint density at radius 2 is 1.79 bits per heavy atom. The first-order valence-corrected chi connectivity index (χ1v) is 11.4. The first-order chi connectivity index (χ1) is 15.8. The first-order valence-electron chi connectivity index (χ1n) is 10.2. The maximum atomic E-state index is 13.0. The van der Waals surface area contributed by atoms with Crippen molar-refractivity contribution in [3.8, 4) is 17.2 Å². The lowest BCUT2D eigenvalue weighted by molar-refractivity contribution is -0.122. The van der Waals surface area contributed by atoms with E-state index in [2.05, 4.69) is 5.32 Å². The van der Waals surface area contributed by atoms with Crippen LogP contribution in [0, 0.1) is 13.8 Å². The highest BCUT2D eigenvalue weighted by atomic mass is 32.2. The number of methoxy groups -OCH3 is 3. The highest BCUT2D eigenvalue weighted by Gasteiger charge is 2.32. The third-order valence-electron chi connectivity index (χ3n) is 5.30. The van der Waals surface area contributed by atoms with Gasteiger partial charge in [-0.3, -0.25) is 14.5 Å². The Kier molecular flexibility index (Phi) is 7.99. The summed E-state index contributed by atoms with van der Waals surface area (Å²) >= 11 is 6.59. The smallest absolute Gasteiger partial charge is 0.266 e. The summed E-state index contributed by atoms with van der Waals surface area (Å²) in [5.41, 5.74) is 3.59. The van der Waals surface area contributed by atoms with Crippen molar-refractivity contribution >= 4 is 51.9 Å². The number of carbonyl (C=O) groups is 2. The minimum absolute atomic E-state index is 0.136. The molecular formula is C24H26N2O5S2. The van der Waals surface area contributed by atoms with Crippen molar-refractivity contribution in [3.05, 3.63) is 51.9 Å². The molecule has 1 saturated heterocycles. The predicted octanol–water partition coefficient (Wildman–Crippen LogP) is 4.56. The SMILES string of the molecule is COc1cc(C=C2SC(=S)N(CCC(=O)Nc3cccc(C)c3C)C2=O)cc(OC)c1OC. The number of benzene rings is 2. The van der Waals surface area contributed by atoms with E-state index in [1.165, 1.54) is 38.0 Å². The van der Waals surface area contributed by atoms with Crippen LogP contribution in [0.4, 0.5) is 5.69 Å². The molecule has 3 rings (SSSR count). The molecule has 0 spiro atoms. The van der Waals surface area contributed by atoms with Gasteiger partial charge < -0.3 is 19.5 Å². The first kappa shape index (κ1) is 24.6. The summed E-state index contributed by atoms with van der Waals surface area (Å²) in [7, 11) is 4.59. The fourth-order valence-electron chi connectivity index (χ4n) is 3.34. The van der Waals surface area contributed by atoms with Crippen molar-refractivity contribution in [1.29, 1.82) is 0 Å². The van der Waals surface area contributed by atoms with Gasteiger partial charge in [0.25, 0.3) is 5.91 Å². The quantitative estimate of drug-likeness (QED) is 0.433. The molecule has 0 aliphatic carbocycles. The number of nitrogens with one attached hydrogen (secondary N) is 1. The maximum Gasteiger partial charge on any atom is 0.266 e. The lowest BCUT2D eigenvalue weighted by atomic mass is 10.1. The van der Waals surface area contributed by atoms with Gasteiger partial charge in [-0.05, 0) is 54.8 Å². The van der Waals surface area contributed by atoms with E-state index in [0.717, 1.165) is 16.8 Å². The summed E-state index contributed by atoms with van der Waals surface area (Å²) in [6, 6.07) is 9.26. The van der Waals surface area contributed by atoms with Crippen molar-refractivity contribution in [2.45, 2.75) is 20.3 Å². The van der Waals surface area contributed by atoms with Crippen molar-refractivity contribution in [3.63, 3.8) is 0 Å². The van der Waals surface area contributed by atoms with Crippen LogP contribution in [0.1, 0.15) is 23.1 Å². The minimum Gasteiger partial charge on any atom is -0.493 e. The van der Waals surface area contributed by atoms with Gasteiger partial charge >= 0.3 is 0 Å². The van der Waals surface area contributed by atoms with Crippen LogP contribution in [-0.4, -0.2) is 48.9 Å². The number of thiocarbonyl (C=S) groups is 1. The second-order valence-electron chi connectivity index (χ2n) is 7.34. The van der Waals surface area contributed by atoms with Crippen LogP contribution in [0.3, 0.4) is 0 Å². The van der Waals surface area contributed by atoms with E-state index in [0.29, 0.717) is 32.0 Å². The number of anilines is 1. The number of aryl methyl sites for hydroxylation is 1. The van der Waals surface area contributed by atoms with Gasteiger partial charge in [-0.15, -0.1) is 0 Å². The summed E-state index contributed by atoms with van der Waals surface area (Å²) in [5.74, 6) is 1.03. The van der Waals surface area contributed by atoms with Crippen LogP contribution in [-0.2, 0) is 9.59 Å². The molecular weight excluding hydrogens is 460 g/mol. The maximum absolute atomic E-state index is 13.0. The summed E-state index contributed by atoms with van der Waals surface area (Å²) in [6.07, 6.45) is 1.86. The van der Waals surface area contributed by atoms with E-state index in [1.807, 2.05) is 32.0 Å². The third-order valence-corrected chi connectivity index (χ3v) is 6.68. The van der Waals surface area contributed by atoms with Crippen molar-refractivity contribution in [2.24, 2.45) is 0 Å². The van der Waals surface area contributed by atoms with Crippen molar-refractivity contribution in [1.82, 2.24) is 4.90 Å². The van der Waals surface area contributed by atoms with E-state index in [9.17, 15) is 9.59 Å². The van der Waals surface area contributed by atoms with Gasteiger partial charge in [0.1, 0.15) is 4.32 Å². The molecule has 33 heavy (non-hydrogen) atoms. The average Bonchev–Trinajstić information content (AvgIpc) is 3.06. The second kappa shape index (κ2) is 10.7. The molecule has 1 heterocycles. The van der Waals surface area contributed by atoms with Crippen molar-refractivity contribution < 1.29 is 23.8 Å². The molecule has 1 fully saturated rings. The van der Waals surface area contributed by atoms with Gasteiger partial charge in [0.15, 0.2) is 11.5 Å².